The van der Waals surface area contributed by atoms with Crippen LogP contribution in [0.3, 0.4) is 0 Å². The van der Waals surface area contributed by atoms with E-state index < -0.39 is 5.97 Å². The molecule has 0 fully saturated rings. The number of ether oxygens (including phenoxy) is 1. The van der Waals surface area contributed by atoms with E-state index in [9.17, 15) is 4.79 Å². The van der Waals surface area contributed by atoms with Gasteiger partial charge in [-0.05, 0) is 12.2 Å². The number of allylic oxidation sites excluding steroid dienone is 3. The highest BCUT2D eigenvalue weighted by Crippen LogP contribution is 2.12. The zero-order valence-electron chi connectivity index (χ0n) is 7.20. The van der Waals surface area contributed by atoms with Crippen LogP contribution in [0.25, 0.3) is 0 Å². The van der Waals surface area contributed by atoms with Gasteiger partial charge >= 0.3 is 5.97 Å². The van der Waals surface area contributed by atoms with Crippen molar-refractivity contribution in [3.05, 3.63) is 35.6 Å². The fraction of sp³-hybridized carbons (Fsp3) is 0.111. The molecule has 0 spiro atoms. The molecule has 4 nitrogen and oxygen atoms in total. The van der Waals surface area contributed by atoms with Crippen LogP contribution in [-0.2, 0) is 9.53 Å². The highest BCUT2D eigenvalue weighted by molar-refractivity contribution is 6.14. The van der Waals surface area contributed by atoms with E-state index in [1.807, 2.05) is 0 Å². The molecule has 0 aromatic rings. The second-order valence-corrected chi connectivity index (χ2v) is 2.46. The van der Waals surface area contributed by atoms with Gasteiger partial charge in [-0.25, -0.2) is 4.79 Å². The molecule has 1 aliphatic carbocycles. The normalized spacial score (nSPS) is 18.7. The lowest BCUT2D eigenvalue weighted by Gasteiger charge is -2.07. The first-order valence-electron chi connectivity index (χ1n) is 3.68. The molecule has 0 unspecified atom stereocenters. The van der Waals surface area contributed by atoms with E-state index in [1.165, 1.54) is 19.4 Å². The Balaban J connectivity index is 2.92. The van der Waals surface area contributed by atoms with Crippen molar-refractivity contribution in [2.75, 3.05) is 7.11 Å². The van der Waals surface area contributed by atoms with E-state index in [1.54, 1.807) is 12.2 Å². The summed E-state index contributed by atoms with van der Waals surface area (Å²) in [6.45, 7) is 0. The van der Waals surface area contributed by atoms with Gasteiger partial charge in [-0.3, -0.25) is 0 Å². The molecule has 0 atom stereocenters. The topological polar surface area (TPSA) is 76.2 Å². The number of rotatable bonds is 1. The predicted molar refractivity (Wildman–Crippen MR) is 49.2 cm³/mol. The van der Waals surface area contributed by atoms with Crippen molar-refractivity contribution in [3.63, 3.8) is 0 Å². The second-order valence-electron chi connectivity index (χ2n) is 2.46. The number of hydrogen-bond donors (Lipinski definition) is 2. The van der Waals surface area contributed by atoms with Crippen molar-refractivity contribution in [1.29, 1.82) is 5.41 Å². The van der Waals surface area contributed by atoms with E-state index in [2.05, 4.69) is 4.74 Å². The Hall–Kier alpha value is -1.84. The summed E-state index contributed by atoms with van der Waals surface area (Å²) >= 11 is 0. The molecule has 0 radical (unpaired) electrons. The molecule has 0 heterocycles. The number of esters is 1. The van der Waals surface area contributed by atoms with E-state index in [4.69, 9.17) is 11.1 Å². The molecule has 3 N–H and O–H groups in total. The molecule has 0 aliphatic heterocycles. The van der Waals surface area contributed by atoms with Crippen molar-refractivity contribution in [2.24, 2.45) is 5.73 Å². The third kappa shape index (κ3) is 1.84. The zero-order valence-corrected chi connectivity index (χ0v) is 7.20. The van der Waals surface area contributed by atoms with E-state index in [0.717, 1.165) is 0 Å². The fourth-order valence-electron chi connectivity index (χ4n) is 0.946. The van der Waals surface area contributed by atoms with Gasteiger partial charge in [0.05, 0.1) is 18.4 Å². The number of hydrogen-bond acceptors (Lipinski definition) is 4. The molecule has 0 amide bonds. The Morgan fingerprint density at radius 2 is 2.31 bits per heavy atom. The van der Waals surface area contributed by atoms with Crippen LogP contribution in [0.4, 0.5) is 0 Å². The van der Waals surface area contributed by atoms with E-state index in [-0.39, 0.29) is 5.71 Å². The highest BCUT2D eigenvalue weighted by atomic mass is 16.5. The van der Waals surface area contributed by atoms with Gasteiger partial charge in [-0.15, -0.1) is 0 Å². The Morgan fingerprint density at radius 3 is 2.77 bits per heavy atom. The van der Waals surface area contributed by atoms with Crippen molar-refractivity contribution >= 4 is 11.7 Å². The van der Waals surface area contributed by atoms with Crippen LogP contribution in [0.1, 0.15) is 0 Å². The lowest BCUT2D eigenvalue weighted by molar-refractivity contribution is -0.135. The van der Waals surface area contributed by atoms with Gasteiger partial charge in [-0.2, -0.15) is 0 Å². The molecule has 0 aromatic carbocycles. The van der Waals surface area contributed by atoms with Crippen molar-refractivity contribution in [3.8, 4) is 0 Å². The lowest BCUT2D eigenvalue weighted by atomic mass is 10.0. The maximum absolute atomic E-state index is 11.0. The summed E-state index contributed by atoms with van der Waals surface area (Å²) in [5.41, 5.74) is 6.41. The summed E-state index contributed by atoms with van der Waals surface area (Å²) in [4.78, 5) is 11.0. The second kappa shape index (κ2) is 3.71. The van der Waals surface area contributed by atoms with Gasteiger partial charge in [0.2, 0.25) is 0 Å². The minimum atomic E-state index is -0.447. The number of nitrogens with two attached hydrogens (primary N) is 1. The third-order valence-electron chi connectivity index (χ3n) is 1.65. The van der Waals surface area contributed by atoms with Crippen molar-refractivity contribution in [1.82, 2.24) is 0 Å². The quantitative estimate of drug-likeness (QED) is 0.574. The summed E-state index contributed by atoms with van der Waals surface area (Å²) < 4.78 is 4.50. The first-order chi connectivity index (χ1) is 6.19. The number of nitrogens with one attached hydrogen (secondary N) is 1. The van der Waals surface area contributed by atoms with Gasteiger partial charge in [0.15, 0.2) is 0 Å². The van der Waals surface area contributed by atoms with Crippen LogP contribution < -0.4 is 5.73 Å². The summed E-state index contributed by atoms with van der Waals surface area (Å²) in [5.74, 6) is -0.447. The van der Waals surface area contributed by atoms with Gasteiger partial charge in [-0.1, -0.05) is 6.08 Å². The van der Waals surface area contributed by atoms with Gasteiger partial charge in [0.1, 0.15) is 0 Å². The maximum atomic E-state index is 11.0. The molecule has 0 aromatic heterocycles. The molecule has 1 aliphatic rings. The maximum Gasteiger partial charge on any atom is 0.337 e. The van der Waals surface area contributed by atoms with Crippen molar-refractivity contribution < 1.29 is 9.53 Å². The Morgan fingerprint density at radius 1 is 1.62 bits per heavy atom. The van der Waals surface area contributed by atoms with Crippen LogP contribution in [0, 0.1) is 5.41 Å². The molecule has 13 heavy (non-hydrogen) atoms. The predicted octanol–water partition coefficient (Wildman–Crippen LogP) is 0.518. The van der Waals surface area contributed by atoms with Crippen LogP contribution in [0.15, 0.2) is 35.6 Å². The molecule has 0 saturated carbocycles. The summed E-state index contributed by atoms with van der Waals surface area (Å²) in [6, 6.07) is 0. The average molecular weight is 178 g/mol. The minimum absolute atomic E-state index is 0.213. The van der Waals surface area contributed by atoms with E-state index in [0.29, 0.717) is 11.1 Å². The molecule has 68 valence electrons. The van der Waals surface area contributed by atoms with Crippen LogP contribution in [-0.4, -0.2) is 18.8 Å². The summed E-state index contributed by atoms with van der Waals surface area (Å²) in [5, 5.41) is 7.46. The van der Waals surface area contributed by atoms with Crippen LogP contribution >= 0.6 is 0 Å². The largest absolute Gasteiger partial charge is 0.465 e. The Bertz CT molecular complexity index is 338. The smallest absolute Gasteiger partial charge is 0.337 e. The number of carbonyl (C=O) groups excluding carboxylic acids is 1. The van der Waals surface area contributed by atoms with E-state index >= 15 is 0 Å². The molecule has 4 heteroatoms. The van der Waals surface area contributed by atoms with Gasteiger partial charge in [0, 0.05) is 11.8 Å². The molecule has 0 saturated heterocycles. The zero-order chi connectivity index (χ0) is 9.84. The Labute approximate surface area is 75.9 Å². The van der Waals surface area contributed by atoms with Gasteiger partial charge < -0.3 is 15.9 Å². The first kappa shape index (κ1) is 9.25. The van der Waals surface area contributed by atoms with Crippen LogP contribution in [0.2, 0.25) is 0 Å². The molecular formula is C9H10N2O2. The summed E-state index contributed by atoms with van der Waals surface area (Å²) in [6.07, 6.45) is 5.92. The van der Waals surface area contributed by atoms with Crippen LogP contribution in [0.5, 0.6) is 0 Å². The standard InChI is InChI=1S/C9H10N2O2/c1-13-9(12)6-2-3-7(5-10)8(11)4-6/h2-5,11H,10H2,1H3/b7-5-,11-8?. The average Bonchev–Trinajstić information content (AvgIpc) is 2.16. The lowest BCUT2D eigenvalue weighted by Crippen LogP contribution is -2.10. The number of methoxy groups -OCH3 is 1. The SMILES string of the molecule is COC(=O)C1=CC(=N)/C(=C\N)C=C1. The minimum Gasteiger partial charge on any atom is -0.465 e. The monoisotopic (exact) mass is 178 g/mol. The van der Waals surface area contributed by atoms with Crippen molar-refractivity contribution in [2.45, 2.75) is 0 Å². The molecule has 0 bridgehead atoms. The molecular weight excluding hydrogens is 168 g/mol. The Kier molecular flexibility index (Phi) is 2.64. The van der Waals surface area contributed by atoms with Gasteiger partial charge in [0.25, 0.3) is 0 Å². The molecule has 1 rings (SSSR count). The highest BCUT2D eigenvalue weighted by Gasteiger charge is 2.12. The fourth-order valence-corrected chi connectivity index (χ4v) is 0.946. The third-order valence-corrected chi connectivity index (χ3v) is 1.65. The first-order valence-corrected chi connectivity index (χ1v) is 3.68. The summed E-state index contributed by atoms with van der Waals surface area (Å²) in [7, 11) is 1.30. The number of carbonyl (C=O) groups is 1.